The number of benzene rings is 4. The van der Waals surface area contributed by atoms with Gasteiger partial charge in [0.15, 0.2) is 0 Å². The highest BCUT2D eigenvalue weighted by molar-refractivity contribution is 5.73. The number of rotatable bonds is 16. The van der Waals surface area contributed by atoms with Crippen LogP contribution in [0, 0.1) is 5.82 Å². The lowest BCUT2D eigenvalue weighted by Crippen LogP contribution is -2.09. The Kier molecular flexibility index (Phi) is 11.8. The monoisotopic (exact) mass is 586 g/mol. The molecule has 4 aromatic carbocycles. The van der Waals surface area contributed by atoms with Crippen molar-refractivity contribution in [2.45, 2.75) is 46.1 Å². The summed E-state index contributed by atoms with van der Waals surface area (Å²) in [6.45, 7) is 5.47. The van der Waals surface area contributed by atoms with Gasteiger partial charge in [0.25, 0.3) is 0 Å². The van der Waals surface area contributed by atoms with Gasteiger partial charge in [-0.25, -0.2) is 4.39 Å². The van der Waals surface area contributed by atoms with E-state index in [9.17, 15) is 9.18 Å². The average Bonchev–Trinajstić information content (AvgIpc) is 3.03. The molecule has 4 rings (SSSR count). The van der Waals surface area contributed by atoms with E-state index in [4.69, 9.17) is 23.7 Å². The van der Waals surface area contributed by atoms with Crippen molar-refractivity contribution < 1.29 is 32.9 Å². The molecule has 0 bridgehead atoms. The third-order valence-electron chi connectivity index (χ3n) is 6.93. The molecular formula is C36H39FO6. The van der Waals surface area contributed by atoms with E-state index in [1.54, 1.807) is 26.2 Å². The van der Waals surface area contributed by atoms with Gasteiger partial charge in [0, 0.05) is 30.0 Å². The summed E-state index contributed by atoms with van der Waals surface area (Å²) in [5, 5.41) is 0. The van der Waals surface area contributed by atoms with Crippen LogP contribution in [0.3, 0.4) is 0 Å². The van der Waals surface area contributed by atoms with Gasteiger partial charge in [-0.2, -0.15) is 0 Å². The number of hydrogen-bond acceptors (Lipinski definition) is 6. The summed E-state index contributed by atoms with van der Waals surface area (Å²) in [6.07, 6.45) is 2.10. The van der Waals surface area contributed by atoms with Gasteiger partial charge >= 0.3 is 5.97 Å². The van der Waals surface area contributed by atoms with Crippen molar-refractivity contribution in [1.82, 2.24) is 0 Å². The first-order valence-corrected chi connectivity index (χ1v) is 14.7. The molecule has 0 aliphatic carbocycles. The summed E-state index contributed by atoms with van der Waals surface area (Å²) in [5.74, 6) is 2.23. The fourth-order valence-corrected chi connectivity index (χ4v) is 4.73. The SMILES string of the molecule is CCOC(=O)CCc1c(OC)cccc1OCCCOc1cc(OCc2ccccc2)c(-c2ccc(F)cc2)cc1CC. The van der Waals surface area contributed by atoms with Gasteiger partial charge in [-0.3, -0.25) is 4.79 Å². The van der Waals surface area contributed by atoms with Crippen molar-refractivity contribution >= 4 is 5.97 Å². The Bertz CT molecular complexity index is 1450. The molecule has 0 saturated heterocycles. The van der Waals surface area contributed by atoms with E-state index >= 15 is 0 Å². The zero-order chi connectivity index (χ0) is 30.4. The Morgan fingerprint density at radius 2 is 1.49 bits per heavy atom. The Hall–Kier alpha value is -4.52. The molecule has 0 N–H and O–H groups in total. The van der Waals surface area contributed by atoms with E-state index in [0.29, 0.717) is 56.5 Å². The molecule has 0 spiro atoms. The summed E-state index contributed by atoms with van der Waals surface area (Å²) in [7, 11) is 1.60. The highest BCUT2D eigenvalue weighted by Gasteiger charge is 2.15. The van der Waals surface area contributed by atoms with Crippen LogP contribution in [0.1, 0.15) is 43.4 Å². The van der Waals surface area contributed by atoms with Crippen molar-refractivity contribution in [3.8, 4) is 34.1 Å². The second-order valence-electron chi connectivity index (χ2n) is 9.88. The van der Waals surface area contributed by atoms with Crippen LogP contribution in [0.25, 0.3) is 11.1 Å². The highest BCUT2D eigenvalue weighted by atomic mass is 19.1. The molecule has 226 valence electrons. The van der Waals surface area contributed by atoms with Crippen molar-refractivity contribution in [3.05, 3.63) is 107 Å². The van der Waals surface area contributed by atoms with Crippen molar-refractivity contribution in [3.63, 3.8) is 0 Å². The van der Waals surface area contributed by atoms with Crippen LogP contribution in [0.4, 0.5) is 4.39 Å². The maximum Gasteiger partial charge on any atom is 0.306 e. The van der Waals surface area contributed by atoms with E-state index in [0.717, 1.165) is 40.0 Å². The third-order valence-corrected chi connectivity index (χ3v) is 6.93. The summed E-state index contributed by atoms with van der Waals surface area (Å²) >= 11 is 0. The summed E-state index contributed by atoms with van der Waals surface area (Å²) in [5.41, 5.74) is 4.67. The van der Waals surface area contributed by atoms with Crippen LogP contribution in [0.5, 0.6) is 23.0 Å². The maximum absolute atomic E-state index is 13.7. The lowest BCUT2D eigenvalue weighted by molar-refractivity contribution is -0.143. The number of halogens is 1. The van der Waals surface area contributed by atoms with E-state index in [-0.39, 0.29) is 18.2 Å². The number of aryl methyl sites for hydroxylation is 1. The predicted molar refractivity (Wildman–Crippen MR) is 166 cm³/mol. The number of carbonyl (C=O) groups is 1. The van der Waals surface area contributed by atoms with Gasteiger partial charge in [0.2, 0.25) is 0 Å². The van der Waals surface area contributed by atoms with Crippen LogP contribution in [-0.4, -0.2) is 32.9 Å². The third kappa shape index (κ3) is 8.98. The van der Waals surface area contributed by atoms with E-state index in [1.807, 2.05) is 54.6 Å². The second kappa shape index (κ2) is 16.2. The van der Waals surface area contributed by atoms with Gasteiger partial charge in [-0.15, -0.1) is 0 Å². The Balaban J connectivity index is 1.44. The molecule has 4 aromatic rings. The molecule has 0 radical (unpaired) electrons. The normalized spacial score (nSPS) is 10.7. The molecule has 0 unspecified atom stereocenters. The summed E-state index contributed by atoms with van der Waals surface area (Å²) in [4.78, 5) is 11.9. The second-order valence-corrected chi connectivity index (χ2v) is 9.88. The van der Waals surface area contributed by atoms with Crippen molar-refractivity contribution in [2.75, 3.05) is 26.9 Å². The Labute approximate surface area is 253 Å². The lowest BCUT2D eigenvalue weighted by atomic mass is 10.00. The standard InChI is InChI=1S/C36H39FO6/c1-4-27-23-31(28-15-17-29(37)18-16-28)35(43-25-26-11-7-6-8-12-26)24-34(27)42-22-10-21-41-33-14-9-13-32(39-3)30(33)19-20-36(38)40-5-2/h6-9,11-18,23-24H,4-5,10,19-22,25H2,1-3H3. The molecule has 0 aromatic heterocycles. The Morgan fingerprint density at radius 1 is 0.767 bits per heavy atom. The summed E-state index contributed by atoms with van der Waals surface area (Å²) < 4.78 is 42.9. The van der Waals surface area contributed by atoms with E-state index in [2.05, 4.69) is 13.0 Å². The molecular weight excluding hydrogens is 547 g/mol. The minimum absolute atomic E-state index is 0.246. The molecule has 0 atom stereocenters. The van der Waals surface area contributed by atoms with Gasteiger partial charge in [0.1, 0.15) is 35.4 Å². The Morgan fingerprint density at radius 3 is 2.19 bits per heavy atom. The quantitative estimate of drug-likeness (QED) is 0.0980. The lowest BCUT2D eigenvalue weighted by Gasteiger charge is -2.18. The molecule has 0 aliphatic rings. The van der Waals surface area contributed by atoms with Gasteiger partial charge in [-0.1, -0.05) is 55.5 Å². The maximum atomic E-state index is 13.7. The number of carbonyl (C=O) groups excluding carboxylic acids is 1. The fourth-order valence-electron chi connectivity index (χ4n) is 4.73. The zero-order valence-corrected chi connectivity index (χ0v) is 25.1. The molecule has 0 heterocycles. The molecule has 0 amide bonds. The molecule has 7 heteroatoms. The van der Waals surface area contributed by atoms with Gasteiger partial charge < -0.3 is 23.7 Å². The van der Waals surface area contributed by atoms with Crippen LogP contribution >= 0.6 is 0 Å². The average molecular weight is 587 g/mol. The van der Waals surface area contributed by atoms with Crippen LogP contribution in [0.2, 0.25) is 0 Å². The zero-order valence-electron chi connectivity index (χ0n) is 25.1. The van der Waals surface area contributed by atoms with Crippen LogP contribution < -0.4 is 18.9 Å². The van der Waals surface area contributed by atoms with Crippen LogP contribution in [0.15, 0.2) is 84.9 Å². The van der Waals surface area contributed by atoms with Gasteiger partial charge in [-0.05, 0) is 66.8 Å². The molecule has 43 heavy (non-hydrogen) atoms. The number of ether oxygens (including phenoxy) is 5. The number of methoxy groups -OCH3 is 1. The fraction of sp³-hybridized carbons (Fsp3) is 0.306. The first-order chi connectivity index (χ1) is 21.0. The van der Waals surface area contributed by atoms with E-state index < -0.39 is 0 Å². The number of hydrogen-bond donors (Lipinski definition) is 0. The molecule has 0 fully saturated rings. The molecule has 0 aliphatic heterocycles. The minimum atomic E-state index is -0.284. The van der Waals surface area contributed by atoms with Gasteiger partial charge in [0.05, 0.1) is 26.9 Å². The number of esters is 1. The predicted octanol–water partition coefficient (Wildman–Crippen LogP) is 7.99. The topological polar surface area (TPSA) is 63.2 Å². The van der Waals surface area contributed by atoms with Crippen molar-refractivity contribution in [2.24, 2.45) is 0 Å². The summed E-state index contributed by atoms with van der Waals surface area (Å²) in [6, 6.07) is 26.0. The first-order valence-electron chi connectivity index (χ1n) is 14.7. The first kappa shape index (κ1) is 31.4. The molecule has 0 saturated carbocycles. The van der Waals surface area contributed by atoms with Crippen molar-refractivity contribution in [1.29, 1.82) is 0 Å². The van der Waals surface area contributed by atoms with Crippen LogP contribution in [-0.2, 0) is 29.0 Å². The smallest absolute Gasteiger partial charge is 0.306 e. The van der Waals surface area contributed by atoms with E-state index in [1.165, 1.54) is 12.1 Å². The minimum Gasteiger partial charge on any atom is -0.496 e. The molecule has 6 nitrogen and oxygen atoms in total. The largest absolute Gasteiger partial charge is 0.496 e. The highest BCUT2D eigenvalue weighted by Crippen LogP contribution is 2.37.